The molecular weight excluding hydrogens is 281 g/mol. The number of sulfonamides is 1. The fraction of sp³-hybridized carbons (Fsp3) is 0.143. The Morgan fingerprint density at radius 2 is 1.85 bits per heavy atom. The second-order valence-corrected chi connectivity index (χ2v) is 6.12. The lowest BCUT2D eigenvalue weighted by atomic mass is 10.2. The van der Waals surface area contributed by atoms with Crippen LogP contribution in [0.4, 0.5) is 10.1 Å². The Bertz CT molecular complexity index is 757. The number of rotatable bonds is 3. The van der Waals surface area contributed by atoms with Crippen molar-refractivity contribution in [2.75, 3.05) is 4.72 Å². The third-order valence-corrected chi connectivity index (χ3v) is 4.50. The number of benzene rings is 2. The number of phenolic OH excluding ortho intramolecular Hbond substituents is 1. The summed E-state index contributed by atoms with van der Waals surface area (Å²) >= 11 is 0. The predicted molar refractivity (Wildman–Crippen MR) is 74.8 cm³/mol. The first kappa shape index (κ1) is 14.3. The van der Waals surface area contributed by atoms with Crippen molar-refractivity contribution in [2.24, 2.45) is 0 Å². The Balaban J connectivity index is 2.44. The summed E-state index contributed by atoms with van der Waals surface area (Å²) in [5, 5.41) is 9.57. The Kier molecular flexibility index (Phi) is 3.67. The van der Waals surface area contributed by atoms with Gasteiger partial charge in [0.1, 0.15) is 11.6 Å². The average molecular weight is 295 g/mol. The normalized spacial score (nSPS) is 11.3. The maximum absolute atomic E-state index is 13.0. The topological polar surface area (TPSA) is 66.4 Å². The largest absolute Gasteiger partial charge is 0.508 e. The Labute approximate surface area is 116 Å². The van der Waals surface area contributed by atoms with Crippen molar-refractivity contribution in [3.8, 4) is 5.75 Å². The summed E-state index contributed by atoms with van der Waals surface area (Å²) in [5.74, 6) is -0.490. The third kappa shape index (κ3) is 2.75. The van der Waals surface area contributed by atoms with Gasteiger partial charge in [-0.3, -0.25) is 4.72 Å². The lowest BCUT2D eigenvalue weighted by Crippen LogP contribution is -2.15. The fourth-order valence-corrected chi connectivity index (χ4v) is 3.20. The Hall–Kier alpha value is -2.08. The molecule has 0 saturated carbocycles. The molecule has 2 rings (SSSR count). The van der Waals surface area contributed by atoms with E-state index >= 15 is 0 Å². The lowest BCUT2D eigenvalue weighted by molar-refractivity contribution is 0.471. The number of nitrogens with one attached hydrogen (secondary N) is 1. The van der Waals surface area contributed by atoms with Crippen molar-refractivity contribution in [1.29, 1.82) is 0 Å². The molecule has 0 aliphatic rings. The van der Waals surface area contributed by atoms with Crippen molar-refractivity contribution < 1.29 is 17.9 Å². The third-order valence-electron chi connectivity index (χ3n) is 2.98. The standard InChI is InChI=1S/C14H14FNO3S/c1-9-8-11(15)6-7-14(9)20(18,19)16-12-4-3-5-13(17)10(12)2/h3-8,16-17H,1-2H3. The zero-order valence-corrected chi connectivity index (χ0v) is 11.8. The molecule has 2 N–H and O–H groups in total. The second kappa shape index (κ2) is 5.13. The maximum Gasteiger partial charge on any atom is 0.262 e. The van der Waals surface area contributed by atoms with Gasteiger partial charge in [-0.05, 0) is 49.7 Å². The van der Waals surface area contributed by atoms with Gasteiger partial charge < -0.3 is 5.11 Å². The molecule has 0 aliphatic heterocycles. The molecular formula is C14H14FNO3S. The minimum absolute atomic E-state index is 0.000952. The number of aromatic hydroxyl groups is 1. The van der Waals surface area contributed by atoms with E-state index in [4.69, 9.17) is 0 Å². The Morgan fingerprint density at radius 1 is 1.15 bits per heavy atom. The van der Waals surface area contributed by atoms with E-state index < -0.39 is 15.8 Å². The summed E-state index contributed by atoms with van der Waals surface area (Å²) in [7, 11) is -3.83. The first-order chi connectivity index (χ1) is 9.31. The monoisotopic (exact) mass is 295 g/mol. The average Bonchev–Trinajstić information content (AvgIpc) is 2.34. The first-order valence-corrected chi connectivity index (χ1v) is 7.37. The van der Waals surface area contributed by atoms with Gasteiger partial charge in [0, 0.05) is 5.56 Å². The molecule has 0 fully saturated rings. The predicted octanol–water partition coefficient (Wildman–Crippen LogP) is 2.95. The van der Waals surface area contributed by atoms with Crippen LogP contribution in [0.5, 0.6) is 5.75 Å². The molecule has 0 unspecified atom stereocenters. The Morgan fingerprint density at radius 3 is 2.50 bits per heavy atom. The molecule has 0 saturated heterocycles. The molecule has 6 heteroatoms. The van der Waals surface area contributed by atoms with Crippen LogP contribution in [-0.4, -0.2) is 13.5 Å². The number of aryl methyl sites for hydroxylation is 1. The molecule has 4 nitrogen and oxygen atoms in total. The van der Waals surface area contributed by atoms with Gasteiger partial charge in [-0.25, -0.2) is 12.8 Å². The maximum atomic E-state index is 13.0. The highest BCUT2D eigenvalue weighted by Gasteiger charge is 2.18. The molecule has 0 atom stereocenters. The van der Waals surface area contributed by atoms with Crippen molar-refractivity contribution in [3.05, 3.63) is 53.3 Å². The summed E-state index contributed by atoms with van der Waals surface area (Å²) in [5.41, 5.74) is 1.03. The van der Waals surface area contributed by atoms with E-state index in [1.54, 1.807) is 13.0 Å². The number of halogens is 1. The van der Waals surface area contributed by atoms with Crippen LogP contribution < -0.4 is 4.72 Å². The fourth-order valence-electron chi connectivity index (χ4n) is 1.85. The van der Waals surface area contributed by atoms with E-state index in [-0.39, 0.29) is 16.3 Å². The molecule has 0 heterocycles. The molecule has 0 amide bonds. The van der Waals surface area contributed by atoms with Crippen LogP contribution >= 0.6 is 0 Å². The molecule has 2 aromatic rings. The number of hydrogen-bond acceptors (Lipinski definition) is 3. The molecule has 0 aliphatic carbocycles. The number of anilines is 1. The van der Waals surface area contributed by atoms with E-state index in [0.29, 0.717) is 11.1 Å². The smallest absolute Gasteiger partial charge is 0.262 e. The summed E-state index contributed by atoms with van der Waals surface area (Å²) in [6.45, 7) is 3.12. The van der Waals surface area contributed by atoms with Crippen LogP contribution in [0.1, 0.15) is 11.1 Å². The van der Waals surface area contributed by atoms with Gasteiger partial charge in [-0.2, -0.15) is 0 Å². The SMILES string of the molecule is Cc1cc(F)ccc1S(=O)(=O)Nc1cccc(O)c1C. The second-order valence-electron chi connectivity index (χ2n) is 4.47. The molecule has 2 aromatic carbocycles. The van der Waals surface area contributed by atoms with E-state index in [9.17, 15) is 17.9 Å². The van der Waals surface area contributed by atoms with Gasteiger partial charge in [0.25, 0.3) is 10.0 Å². The molecule has 0 aromatic heterocycles. The van der Waals surface area contributed by atoms with Gasteiger partial charge >= 0.3 is 0 Å². The van der Waals surface area contributed by atoms with Crippen LogP contribution in [-0.2, 0) is 10.0 Å². The van der Waals surface area contributed by atoms with Crippen molar-refractivity contribution in [2.45, 2.75) is 18.7 Å². The highest BCUT2D eigenvalue weighted by molar-refractivity contribution is 7.92. The summed E-state index contributed by atoms with van der Waals surface area (Å²) in [6.07, 6.45) is 0. The number of phenols is 1. The molecule has 20 heavy (non-hydrogen) atoms. The first-order valence-electron chi connectivity index (χ1n) is 5.89. The number of hydrogen-bond donors (Lipinski definition) is 2. The van der Waals surface area contributed by atoms with E-state index in [1.807, 2.05) is 0 Å². The van der Waals surface area contributed by atoms with Gasteiger partial charge in [0.05, 0.1) is 10.6 Å². The van der Waals surface area contributed by atoms with Crippen LogP contribution in [0, 0.1) is 19.7 Å². The van der Waals surface area contributed by atoms with Gasteiger partial charge in [-0.1, -0.05) is 6.07 Å². The summed E-state index contributed by atoms with van der Waals surface area (Å²) in [6, 6.07) is 8.02. The lowest BCUT2D eigenvalue weighted by Gasteiger charge is -2.13. The van der Waals surface area contributed by atoms with Gasteiger partial charge in [0.15, 0.2) is 0 Å². The molecule has 0 radical (unpaired) electrons. The van der Waals surface area contributed by atoms with Crippen molar-refractivity contribution in [3.63, 3.8) is 0 Å². The van der Waals surface area contributed by atoms with Crippen LogP contribution in [0.15, 0.2) is 41.3 Å². The van der Waals surface area contributed by atoms with Crippen molar-refractivity contribution in [1.82, 2.24) is 0 Å². The van der Waals surface area contributed by atoms with Gasteiger partial charge in [0.2, 0.25) is 0 Å². The van der Waals surface area contributed by atoms with Crippen molar-refractivity contribution >= 4 is 15.7 Å². The highest BCUT2D eigenvalue weighted by Crippen LogP contribution is 2.27. The minimum atomic E-state index is -3.83. The molecule has 0 bridgehead atoms. The summed E-state index contributed by atoms with van der Waals surface area (Å²) < 4.78 is 40.0. The minimum Gasteiger partial charge on any atom is -0.508 e. The quantitative estimate of drug-likeness (QED) is 0.915. The van der Waals surface area contributed by atoms with Gasteiger partial charge in [-0.15, -0.1) is 0 Å². The zero-order chi connectivity index (χ0) is 14.9. The zero-order valence-electron chi connectivity index (χ0n) is 11.0. The van der Waals surface area contributed by atoms with E-state index in [1.165, 1.54) is 25.1 Å². The molecule has 106 valence electrons. The highest BCUT2D eigenvalue weighted by atomic mass is 32.2. The van der Waals surface area contributed by atoms with Crippen LogP contribution in [0.25, 0.3) is 0 Å². The van der Waals surface area contributed by atoms with E-state index in [0.717, 1.165) is 12.1 Å². The van der Waals surface area contributed by atoms with E-state index in [2.05, 4.69) is 4.72 Å². The molecule has 0 spiro atoms. The van der Waals surface area contributed by atoms with Crippen LogP contribution in [0.2, 0.25) is 0 Å². The van der Waals surface area contributed by atoms with Crippen LogP contribution in [0.3, 0.4) is 0 Å². The summed E-state index contributed by atoms with van der Waals surface area (Å²) in [4.78, 5) is 0.00152.